The molecule has 0 aliphatic carbocycles. The lowest BCUT2D eigenvalue weighted by Crippen LogP contribution is -2.26. The molecule has 27 heavy (non-hydrogen) atoms. The smallest absolute Gasteiger partial charge is 0.343 e. The SMILES string of the molecule is CCCOc1ccc(C2C(C#N)=C(N)Oc3cc(C)oc(=O)c32)cc1OC. The first kappa shape index (κ1) is 18.4. The molecule has 1 atom stereocenters. The fourth-order valence-electron chi connectivity index (χ4n) is 3.05. The highest BCUT2D eigenvalue weighted by Gasteiger charge is 2.34. The number of nitrogens with two attached hydrogens (primary N) is 1. The summed E-state index contributed by atoms with van der Waals surface area (Å²) >= 11 is 0. The lowest BCUT2D eigenvalue weighted by molar-refractivity contribution is 0.294. The number of rotatable bonds is 5. The molecule has 0 saturated heterocycles. The first-order valence-corrected chi connectivity index (χ1v) is 8.53. The van der Waals surface area contributed by atoms with E-state index in [2.05, 4.69) is 0 Å². The van der Waals surface area contributed by atoms with E-state index in [1.165, 1.54) is 7.11 Å². The Hall–Kier alpha value is -3.40. The molecule has 1 aromatic carbocycles. The standard InChI is InChI=1S/C20H20N2O5/c1-4-7-25-14-6-5-12(9-15(14)24-3)17-13(10-21)19(22)27-16-8-11(2)26-20(23)18(16)17/h5-6,8-9,17H,4,7,22H2,1-3H3. The van der Waals surface area contributed by atoms with Crippen molar-refractivity contribution in [3.8, 4) is 23.3 Å². The Labute approximate surface area is 156 Å². The molecule has 1 aliphatic rings. The van der Waals surface area contributed by atoms with Crippen molar-refractivity contribution in [1.82, 2.24) is 0 Å². The third kappa shape index (κ3) is 3.34. The van der Waals surface area contributed by atoms with Gasteiger partial charge in [-0.3, -0.25) is 0 Å². The van der Waals surface area contributed by atoms with Crippen molar-refractivity contribution in [2.24, 2.45) is 5.73 Å². The van der Waals surface area contributed by atoms with Crippen molar-refractivity contribution in [1.29, 1.82) is 5.26 Å². The molecule has 0 bridgehead atoms. The molecule has 0 radical (unpaired) electrons. The van der Waals surface area contributed by atoms with Crippen LogP contribution in [0.3, 0.4) is 0 Å². The fourth-order valence-corrected chi connectivity index (χ4v) is 3.05. The Morgan fingerprint density at radius 2 is 2.07 bits per heavy atom. The molecule has 3 rings (SSSR count). The van der Waals surface area contributed by atoms with Gasteiger partial charge >= 0.3 is 5.63 Å². The Kier molecular flexibility index (Phi) is 5.08. The van der Waals surface area contributed by atoms with Gasteiger partial charge in [0.15, 0.2) is 11.5 Å². The number of benzene rings is 1. The van der Waals surface area contributed by atoms with E-state index >= 15 is 0 Å². The summed E-state index contributed by atoms with van der Waals surface area (Å²) in [5.74, 6) is 1.01. The maximum atomic E-state index is 12.5. The van der Waals surface area contributed by atoms with E-state index < -0.39 is 11.5 Å². The summed E-state index contributed by atoms with van der Waals surface area (Å²) in [6.07, 6.45) is 0.858. The number of nitriles is 1. The molecule has 2 heterocycles. The van der Waals surface area contributed by atoms with Crippen LogP contribution in [0.25, 0.3) is 0 Å². The second-order valence-electron chi connectivity index (χ2n) is 6.11. The highest BCUT2D eigenvalue weighted by atomic mass is 16.5. The van der Waals surface area contributed by atoms with Gasteiger partial charge in [-0.1, -0.05) is 13.0 Å². The van der Waals surface area contributed by atoms with Gasteiger partial charge in [0.05, 0.1) is 25.2 Å². The Morgan fingerprint density at radius 1 is 1.30 bits per heavy atom. The van der Waals surface area contributed by atoms with Gasteiger partial charge in [0.2, 0.25) is 5.88 Å². The molecule has 1 aliphatic heterocycles. The highest BCUT2D eigenvalue weighted by molar-refractivity contribution is 5.57. The minimum atomic E-state index is -0.718. The number of allylic oxidation sites excluding steroid dienone is 1. The molecule has 0 fully saturated rings. The zero-order valence-corrected chi connectivity index (χ0v) is 15.4. The predicted octanol–water partition coefficient (Wildman–Crippen LogP) is 2.96. The van der Waals surface area contributed by atoms with Crippen LogP contribution in [0.5, 0.6) is 17.2 Å². The number of nitrogens with zero attached hydrogens (tertiary/aromatic N) is 1. The molecule has 7 nitrogen and oxygen atoms in total. The number of aryl methyl sites for hydroxylation is 1. The van der Waals surface area contributed by atoms with Crippen LogP contribution in [-0.2, 0) is 0 Å². The average molecular weight is 368 g/mol. The molecule has 1 unspecified atom stereocenters. The van der Waals surface area contributed by atoms with E-state index in [0.717, 1.165) is 6.42 Å². The van der Waals surface area contributed by atoms with E-state index in [1.807, 2.05) is 13.0 Å². The molecule has 0 amide bonds. The van der Waals surface area contributed by atoms with Crippen LogP contribution in [0.4, 0.5) is 0 Å². The van der Waals surface area contributed by atoms with Crippen LogP contribution in [0.1, 0.15) is 36.1 Å². The Balaban J connectivity index is 2.18. The third-order valence-corrected chi connectivity index (χ3v) is 4.24. The van der Waals surface area contributed by atoms with Crippen molar-refractivity contribution in [3.63, 3.8) is 0 Å². The zero-order chi connectivity index (χ0) is 19.6. The van der Waals surface area contributed by atoms with Gasteiger partial charge in [-0.05, 0) is 31.0 Å². The summed E-state index contributed by atoms with van der Waals surface area (Å²) in [6.45, 7) is 4.20. The third-order valence-electron chi connectivity index (χ3n) is 4.24. The maximum Gasteiger partial charge on any atom is 0.343 e. The molecule has 7 heteroatoms. The lowest BCUT2D eigenvalue weighted by atomic mass is 9.84. The lowest BCUT2D eigenvalue weighted by Gasteiger charge is -2.25. The number of methoxy groups -OCH3 is 1. The number of hydrogen-bond acceptors (Lipinski definition) is 7. The van der Waals surface area contributed by atoms with Crippen LogP contribution in [-0.4, -0.2) is 13.7 Å². The Morgan fingerprint density at radius 3 is 2.74 bits per heavy atom. The van der Waals surface area contributed by atoms with Crippen LogP contribution in [0.15, 0.2) is 44.9 Å². The Bertz CT molecular complexity index is 1000. The average Bonchev–Trinajstić information content (AvgIpc) is 2.64. The van der Waals surface area contributed by atoms with Crippen LogP contribution in [0.2, 0.25) is 0 Å². The van der Waals surface area contributed by atoms with Gasteiger partial charge in [-0.2, -0.15) is 5.26 Å². The van der Waals surface area contributed by atoms with Gasteiger partial charge < -0.3 is 24.4 Å². The van der Waals surface area contributed by atoms with Crippen molar-refractivity contribution < 1.29 is 18.6 Å². The number of hydrogen-bond donors (Lipinski definition) is 1. The summed E-state index contributed by atoms with van der Waals surface area (Å²) in [5, 5.41) is 9.61. The monoisotopic (exact) mass is 368 g/mol. The molecular weight excluding hydrogens is 348 g/mol. The van der Waals surface area contributed by atoms with Crippen molar-refractivity contribution in [3.05, 3.63) is 63.0 Å². The van der Waals surface area contributed by atoms with E-state index in [-0.39, 0.29) is 22.8 Å². The molecule has 0 saturated carbocycles. The van der Waals surface area contributed by atoms with Gasteiger partial charge in [-0.25, -0.2) is 4.79 Å². The van der Waals surface area contributed by atoms with Gasteiger partial charge in [-0.15, -0.1) is 0 Å². The first-order chi connectivity index (χ1) is 13.0. The van der Waals surface area contributed by atoms with E-state index in [4.69, 9.17) is 24.4 Å². The quantitative estimate of drug-likeness (QED) is 0.864. The largest absolute Gasteiger partial charge is 0.493 e. The van der Waals surface area contributed by atoms with Crippen LogP contribution in [0, 0.1) is 18.3 Å². The summed E-state index contributed by atoms with van der Waals surface area (Å²) in [6, 6.07) is 8.89. The maximum absolute atomic E-state index is 12.5. The highest BCUT2D eigenvalue weighted by Crippen LogP contribution is 2.42. The van der Waals surface area contributed by atoms with Gasteiger partial charge in [0, 0.05) is 6.07 Å². The van der Waals surface area contributed by atoms with Crippen molar-refractivity contribution >= 4 is 0 Å². The number of fused-ring (bicyclic) bond motifs is 1. The van der Waals surface area contributed by atoms with Crippen molar-refractivity contribution in [2.75, 3.05) is 13.7 Å². The van der Waals surface area contributed by atoms with E-state index in [9.17, 15) is 10.1 Å². The topological polar surface area (TPSA) is 108 Å². The van der Waals surface area contributed by atoms with Crippen LogP contribution < -0.4 is 25.6 Å². The van der Waals surface area contributed by atoms with Crippen LogP contribution >= 0.6 is 0 Å². The second kappa shape index (κ2) is 7.46. The second-order valence-corrected chi connectivity index (χ2v) is 6.11. The molecule has 1 aromatic heterocycles. The molecular formula is C20H20N2O5. The number of ether oxygens (including phenoxy) is 3. The minimum Gasteiger partial charge on any atom is -0.493 e. The first-order valence-electron chi connectivity index (χ1n) is 8.53. The van der Waals surface area contributed by atoms with Gasteiger partial charge in [0.25, 0.3) is 0 Å². The van der Waals surface area contributed by atoms with Crippen molar-refractivity contribution in [2.45, 2.75) is 26.2 Å². The predicted molar refractivity (Wildman–Crippen MR) is 97.8 cm³/mol. The summed E-state index contributed by atoms with van der Waals surface area (Å²) in [7, 11) is 1.53. The minimum absolute atomic E-state index is 0.0368. The summed E-state index contributed by atoms with van der Waals surface area (Å²) in [5.41, 5.74) is 6.40. The molecule has 2 N–H and O–H groups in total. The normalized spacial score (nSPS) is 15.6. The van der Waals surface area contributed by atoms with E-state index in [1.54, 1.807) is 31.2 Å². The molecule has 0 spiro atoms. The van der Waals surface area contributed by atoms with E-state index in [0.29, 0.717) is 29.4 Å². The zero-order valence-electron chi connectivity index (χ0n) is 15.4. The summed E-state index contributed by atoms with van der Waals surface area (Å²) < 4.78 is 21.8. The fraction of sp³-hybridized carbons (Fsp3) is 0.300. The summed E-state index contributed by atoms with van der Waals surface area (Å²) in [4.78, 5) is 12.5. The van der Waals surface area contributed by atoms with Gasteiger partial charge in [0.1, 0.15) is 23.2 Å². The molecule has 2 aromatic rings. The molecule has 140 valence electrons.